The fourth-order valence-corrected chi connectivity index (χ4v) is 3.77. The first-order valence-electron chi connectivity index (χ1n) is 8.85. The lowest BCUT2D eigenvalue weighted by Gasteiger charge is -2.42. The van der Waals surface area contributed by atoms with E-state index >= 15 is 0 Å². The van der Waals surface area contributed by atoms with E-state index in [9.17, 15) is 0 Å². The summed E-state index contributed by atoms with van der Waals surface area (Å²) in [6.45, 7) is 9.37. The predicted molar refractivity (Wildman–Crippen MR) is 105 cm³/mol. The van der Waals surface area contributed by atoms with Crippen LogP contribution in [-0.4, -0.2) is 47.8 Å². The largest absolute Gasteiger partial charge is 0.350 e. The van der Waals surface area contributed by atoms with Gasteiger partial charge in [-0.3, -0.25) is 9.89 Å². The van der Waals surface area contributed by atoms with Gasteiger partial charge in [-0.05, 0) is 45.4 Å². The van der Waals surface area contributed by atoms with Gasteiger partial charge in [0.25, 0.3) is 0 Å². The first-order chi connectivity index (χ1) is 11.9. The summed E-state index contributed by atoms with van der Waals surface area (Å²) in [6, 6.07) is 6.09. The number of fused-ring (bicyclic) bond motifs is 3. The molecule has 0 aromatic heterocycles. The number of halogens is 1. The fourth-order valence-electron chi connectivity index (χ4n) is 3.60. The summed E-state index contributed by atoms with van der Waals surface area (Å²) >= 11 is 6.24. The van der Waals surface area contributed by atoms with Crippen LogP contribution in [0.1, 0.15) is 27.2 Å². The van der Waals surface area contributed by atoms with Crippen LogP contribution in [0.25, 0.3) is 0 Å². The molecule has 1 saturated heterocycles. The number of anilines is 1. The third kappa shape index (κ3) is 3.18. The summed E-state index contributed by atoms with van der Waals surface area (Å²) in [5, 5.41) is 4.28. The Labute approximate surface area is 154 Å². The average Bonchev–Trinajstić information content (AvgIpc) is 2.74. The Kier molecular flexibility index (Phi) is 4.08. The highest BCUT2D eigenvalue weighted by molar-refractivity contribution is 6.48. The molecule has 0 radical (unpaired) electrons. The van der Waals surface area contributed by atoms with Crippen LogP contribution in [-0.2, 0) is 0 Å². The van der Waals surface area contributed by atoms with Crippen LogP contribution in [0.15, 0.2) is 40.5 Å². The number of hydrogen-bond acceptors (Lipinski definition) is 5. The van der Waals surface area contributed by atoms with Gasteiger partial charge in [0.15, 0.2) is 11.7 Å². The van der Waals surface area contributed by atoms with Gasteiger partial charge in [0.2, 0.25) is 0 Å². The third-order valence-electron chi connectivity index (χ3n) is 4.80. The highest BCUT2D eigenvalue weighted by Gasteiger charge is 2.34. The van der Waals surface area contributed by atoms with E-state index < -0.39 is 0 Å². The molecule has 1 unspecified atom stereocenters. The molecular weight excluding hydrogens is 334 g/mol. The van der Waals surface area contributed by atoms with Crippen LogP contribution >= 0.6 is 11.6 Å². The second kappa shape index (κ2) is 6.15. The Morgan fingerprint density at radius 1 is 1.28 bits per heavy atom. The summed E-state index contributed by atoms with van der Waals surface area (Å²) in [7, 11) is 0. The van der Waals surface area contributed by atoms with Crippen molar-refractivity contribution in [2.45, 2.75) is 38.8 Å². The molecule has 4 rings (SSSR count). The first-order valence-corrected chi connectivity index (χ1v) is 9.23. The smallest absolute Gasteiger partial charge is 0.176 e. The normalized spacial score (nSPS) is 24.9. The zero-order valence-corrected chi connectivity index (χ0v) is 15.7. The molecular formula is C19H24ClN5. The van der Waals surface area contributed by atoms with E-state index in [1.165, 1.54) is 0 Å². The number of benzene rings is 1. The molecule has 132 valence electrons. The zero-order chi connectivity index (χ0) is 17.6. The Bertz CT molecular complexity index is 780. The highest BCUT2D eigenvalue weighted by atomic mass is 35.5. The lowest BCUT2D eigenvalue weighted by molar-refractivity contribution is 0.227. The van der Waals surface area contributed by atoms with Gasteiger partial charge in [0.1, 0.15) is 0 Å². The van der Waals surface area contributed by atoms with Gasteiger partial charge in [0, 0.05) is 36.4 Å². The van der Waals surface area contributed by atoms with Gasteiger partial charge in [-0.2, -0.15) is 0 Å². The molecule has 0 aliphatic carbocycles. The SMILES string of the molecule is CC1CC=CN2C(=N1)C(N1CCNC(C)(C)C1)=Nc1ccc(Cl)cc12. The van der Waals surface area contributed by atoms with Crippen molar-refractivity contribution in [1.29, 1.82) is 0 Å². The van der Waals surface area contributed by atoms with Crippen molar-refractivity contribution in [2.24, 2.45) is 9.98 Å². The van der Waals surface area contributed by atoms with E-state index in [-0.39, 0.29) is 11.6 Å². The van der Waals surface area contributed by atoms with Gasteiger partial charge in [-0.15, -0.1) is 0 Å². The summed E-state index contributed by atoms with van der Waals surface area (Å²) in [5.41, 5.74) is 1.99. The summed E-state index contributed by atoms with van der Waals surface area (Å²) < 4.78 is 0. The van der Waals surface area contributed by atoms with Crippen LogP contribution in [0.5, 0.6) is 0 Å². The Morgan fingerprint density at radius 3 is 2.92 bits per heavy atom. The van der Waals surface area contributed by atoms with Crippen molar-refractivity contribution < 1.29 is 0 Å². The minimum atomic E-state index is 0.0542. The van der Waals surface area contributed by atoms with Crippen LogP contribution in [0, 0.1) is 0 Å². The number of rotatable bonds is 0. The number of amidine groups is 2. The van der Waals surface area contributed by atoms with Crippen molar-refractivity contribution in [1.82, 2.24) is 10.2 Å². The minimum absolute atomic E-state index is 0.0542. The van der Waals surface area contributed by atoms with Crippen LogP contribution in [0.4, 0.5) is 11.4 Å². The van der Waals surface area contributed by atoms with E-state index in [4.69, 9.17) is 21.6 Å². The monoisotopic (exact) mass is 357 g/mol. The quantitative estimate of drug-likeness (QED) is 0.771. The highest BCUT2D eigenvalue weighted by Crippen LogP contribution is 2.37. The van der Waals surface area contributed by atoms with Crippen molar-refractivity contribution in [3.05, 3.63) is 35.5 Å². The fraction of sp³-hybridized carbons (Fsp3) is 0.474. The van der Waals surface area contributed by atoms with Gasteiger partial charge in [-0.1, -0.05) is 17.7 Å². The molecule has 3 aliphatic rings. The van der Waals surface area contributed by atoms with E-state index in [1.807, 2.05) is 18.2 Å². The molecule has 0 saturated carbocycles. The van der Waals surface area contributed by atoms with Crippen molar-refractivity contribution in [3.8, 4) is 0 Å². The lowest BCUT2D eigenvalue weighted by Crippen LogP contribution is -2.60. The molecule has 1 N–H and O–H groups in total. The molecule has 3 heterocycles. The maximum atomic E-state index is 6.24. The maximum Gasteiger partial charge on any atom is 0.176 e. The van der Waals surface area contributed by atoms with Crippen LogP contribution in [0.2, 0.25) is 5.02 Å². The van der Waals surface area contributed by atoms with Gasteiger partial charge < -0.3 is 10.2 Å². The Morgan fingerprint density at radius 2 is 2.12 bits per heavy atom. The van der Waals surface area contributed by atoms with Crippen molar-refractivity contribution in [3.63, 3.8) is 0 Å². The molecule has 0 bridgehead atoms. The van der Waals surface area contributed by atoms with Crippen LogP contribution < -0.4 is 10.2 Å². The lowest BCUT2D eigenvalue weighted by atomic mass is 10.0. The zero-order valence-electron chi connectivity index (χ0n) is 15.0. The molecule has 5 nitrogen and oxygen atoms in total. The molecule has 3 aliphatic heterocycles. The Balaban J connectivity index is 1.84. The van der Waals surface area contributed by atoms with E-state index in [0.29, 0.717) is 5.02 Å². The first kappa shape index (κ1) is 16.6. The number of nitrogens with zero attached hydrogens (tertiary/aromatic N) is 4. The van der Waals surface area contributed by atoms with Crippen LogP contribution in [0.3, 0.4) is 0 Å². The molecule has 6 heteroatoms. The summed E-state index contributed by atoms with van der Waals surface area (Å²) in [4.78, 5) is 14.5. The number of nitrogens with one attached hydrogen (secondary N) is 1. The Hall–Kier alpha value is -1.85. The second-order valence-electron chi connectivity index (χ2n) is 7.59. The topological polar surface area (TPSA) is 43.2 Å². The predicted octanol–water partition coefficient (Wildman–Crippen LogP) is 3.58. The minimum Gasteiger partial charge on any atom is -0.350 e. The molecule has 1 atom stereocenters. The van der Waals surface area contributed by atoms with Gasteiger partial charge in [-0.25, -0.2) is 4.99 Å². The molecule has 1 aromatic carbocycles. The summed E-state index contributed by atoms with van der Waals surface area (Å²) in [6.07, 6.45) is 5.21. The van der Waals surface area contributed by atoms with Gasteiger partial charge >= 0.3 is 0 Å². The molecule has 0 spiro atoms. The second-order valence-corrected chi connectivity index (χ2v) is 8.03. The molecule has 1 fully saturated rings. The number of piperazine rings is 1. The van der Waals surface area contributed by atoms with Crippen molar-refractivity contribution in [2.75, 3.05) is 24.5 Å². The van der Waals surface area contributed by atoms with E-state index in [1.54, 1.807) is 0 Å². The van der Waals surface area contributed by atoms with E-state index in [2.05, 4.69) is 48.2 Å². The third-order valence-corrected chi connectivity index (χ3v) is 5.03. The van der Waals surface area contributed by atoms with Gasteiger partial charge in [0.05, 0.1) is 17.4 Å². The summed E-state index contributed by atoms with van der Waals surface area (Å²) in [5.74, 6) is 1.89. The average molecular weight is 358 g/mol. The maximum absolute atomic E-state index is 6.24. The number of aliphatic imine (C=N–C) groups is 2. The van der Waals surface area contributed by atoms with E-state index in [0.717, 1.165) is 49.1 Å². The molecule has 25 heavy (non-hydrogen) atoms. The molecule has 1 aromatic rings. The number of hydrogen-bond donors (Lipinski definition) is 1. The molecule has 0 amide bonds. The van der Waals surface area contributed by atoms with Crippen molar-refractivity contribution >= 4 is 34.6 Å². The standard InChI is InChI=1S/C19H24ClN5/c1-13-5-4-9-25-16-11-14(20)6-7-15(16)23-17(18(25)22-13)24-10-8-21-19(2,3)12-24/h4,6-7,9,11,13,21H,5,8,10,12H2,1-3H3.